The average molecular weight is 417 g/mol. The summed E-state index contributed by atoms with van der Waals surface area (Å²) in [4.78, 5) is 26.8. The molecule has 136 valence electrons. The fourth-order valence-electron chi connectivity index (χ4n) is 3.09. The molecule has 0 unspecified atom stereocenters. The smallest absolute Gasteiger partial charge is 0.293 e. The average Bonchev–Trinajstić information content (AvgIpc) is 3.10. The van der Waals surface area contributed by atoms with Gasteiger partial charge in [0.15, 0.2) is 0 Å². The first kappa shape index (κ1) is 18.2. The number of benzene rings is 2. The van der Waals surface area contributed by atoms with Gasteiger partial charge in [0, 0.05) is 29.7 Å². The van der Waals surface area contributed by atoms with Crippen LogP contribution >= 0.6 is 35.0 Å². The maximum absolute atomic E-state index is 12.8. The number of carbonyl (C=O) groups excluding carboxylic acids is 2. The van der Waals surface area contributed by atoms with Crippen LogP contribution in [0.15, 0.2) is 53.6 Å². The molecule has 0 spiro atoms. The van der Waals surface area contributed by atoms with Gasteiger partial charge in [0.2, 0.25) is 0 Å². The van der Waals surface area contributed by atoms with Crippen molar-refractivity contribution >= 4 is 63.1 Å². The van der Waals surface area contributed by atoms with Gasteiger partial charge in [-0.3, -0.25) is 14.5 Å². The summed E-state index contributed by atoms with van der Waals surface area (Å²) in [5.41, 5.74) is 2.73. The monoisotopic (exact) mass is 416 g/mol. The van der Waals surface area contributed by atoms with Gasteiger partial charge in [-0.2, -0.15) is 0 Å². The number of thioether (sulfide) groups is 1. The number of amides is 2. The third-order valence-corrected chi connectivity index (χ3v) is 6.06. The summed E-state index contributed by atoms with van der Waals surface area (Å²) in [6.07, 6.45) is 3.74. The molecule has 0 atom stereocenters. The van der Waals surface area contributed by atoms with Crippen molar-refractivity contribution in [1.82, 2.24) is 9.47 Å². The van der Waals surface area contributed by atoms with Gasteiger partial charge in [-0.05, 0) is 41.6 Å². The SMILES string of the molecule is Cn1cc(/C=C2\SC(=O)N(Cc3ccc(Cl)c(Cl)c3)C2=O)c2ccccc21. The molecule has 3 aromatic rings. The van der Waals surface area contributed by atoms with Crippen molar-refractivity contribution in [2.45, 2.75) is 6.54 Å². The Balaban J connectivity index is 1.64. The fourth-order valence-corrected chi connectivity index (χ4v) is 4.24. The van der Waals surface area contributed by atoms with Gasteiger partial charge in [-0.15, -0.1) is 0 Å². The number of halogens is 2. The number of fused-ring (bicyclic) bond motifs is 1. The van der Waals surface area contributed by atoms with E-state index < -0.39 is 0 Å². The van der Waals surface area contributed by atoms with Gasteiger partial charge in [0.1, 0.15) is 0 Å². The van der Waals surface area contributed by atoms with Crippen LogP contribution in [0.5, 0.6) is 0 Å². The first-order valence-corrected chi connectivity index (χ1v) is 9.74. The number of rotatable bonds is 3. The first-order chi connectivity index (χ1) is 12.9. The quantitative estimate of drug-likeness (QED) is 0.512. The highest BCUT2D eigenvalue weighted by atomic mass is 35.5. The number of hydrogen-bond acceptors (Lipinski definition) is 3. The van der Waals surface area contributed by atoms with Crippen molar-refractivity contribution in [3.05, 3.63) is 74.7 Å². The molecule has 4 nitrogen and oxygen atoms in total. The molecule has 2 aromatic carbocycles. The number of hydrogen-bond donors (Lipinski definition) is 0. The van der Waals surface area contributed by atoms with Gasteiger partial charge < -0.3 is 4.57 Å². The van der Waals surface area contributed by atoms with Gasteiger partial charge in [0.05, 0.1) is 21.5 Å². The number of carbonyl (C=O) groups is 2. The molecule has 1 saturated heterocycles. The maximum Gasteiger partial charge on any atom is 0.293 e. The molecule has 0 N–H and O–H groups in total. The summed E-state index contributed by atoms with van der Waals surface area (Å²) in [5, 5.41) is 1.58. The molecule has 2 amide bonds. The predicted octanol–water partition coefficient (Wildman–Crippen LogP) is 5.72. The summed E-state index contributed by atoms with van der Waals surface area (Å²) in [6.45, 7) is 0.161. The van der Waals surface area contributed by atoms with Crippen molar-refractivity contribution in [3.63, 3.8) is 0 Å². The molecule has 0 saturated carbocycles. The van der Waals surface area contributed by atoms with E-state index in [9.17, 15) is 9.59 Å². The maximum atomic E-state index is 12.8. The molecule has 0 aliphatic carbocycles. The minimum Gasteiger partial charge on any atom is -0.350 e. The number of aryl methyl sites for hydroxylation is 1. The van der Waals surface area contributed by atoms with Crippen LogP contribution < -0.4 is 0 Å². The number of nitrogens with zero attached hydrogens (tertiary/aromatic N) is 2. The van der Waals surface area contributed by atoms with Crippen LogP contribution in [0.4, 0.5) is 4.79 Å². The van der Waals surface area contributed by atoms with Crippen LogP contribution in [0.2, 0.25) is 10.0 Å². The van der Waals surface area contributed by atoms with Crippen molar-refractivity contribution in [2.24, 2.45) is 7.05 Å². The first-order valence-electron chi connectivity index (χ1n) is 8.17. The van der Waals surface area contributed by atoms with E-state index >= 15 is 0 Å². The summed E-state index contributed by atoms with van der Waals surface area (Å²) in [7, 11) is 1.95. The third-order valence-electron chi connectivity index (χ3n) is 4.41. The molecule has 2 heterocycles. The van der Waals surface area contributed by atoms with Crippen molar-refractivity contribution < 1.29 is 9.59 Å². The highest BCUT2D eigenvalue weighted by molar-refractivity contribution is 8.18. The second kappa shape index (κ2) is 7.08. The Labute approximate surface area is 170 Å². The highest BCUT2D eigenvalue weighted by Gasteiger charge is 2.35. The lowest BCUT2D eigenvalue weighted by Gasteiger charge is -2.12. The van der Waals surface area contributed by atoms with Gasteiger partial charge in [-0.25, -0.2) is 0 Å². The van der Waals surface area contributed by atoms with E-state index in [1.165, 1.54) is 4.90 Å². The molecule has 7 heteroatoms. The molecule has 1 aromatic heterocycles. The van der Waals surface area contributed by atoms with Gasteiger partial charge in [0.25, 0.3) is 11.1 Å². The zero-order chi connectivity index (χ0) is 19.1. The summed E-state index contributed by atoms with van der Waals surface area (Å²) >= 11 is 12.9. The zero-order valence-electron chi connectivity index (χ0n) is 14.3. The lowest BCUT2D eigenvalue weighted by molar-refractivity contribution is -0.123. The number of imide groups is 1. The Morgan fingerprint density at radius 3 is 2.63 bits per heavy atom. The molecule has 1 aliphatic rings. The van der Waals surface area contributed by atoms with Crippen molar-refractivity contribution in [3.8, 4) is 0 Å². The largest absolute Gasteiger partial charge is 0.350 e. The van der Waals surface area contributed by atoms with E-state index in [2.05, 4.69) is 0 Å². The molecule has 1 fully saturated rings. The van der Waals surface area contributed by atoms with E-state index in [-0.39, 0.29) is 17.7 Å². The number of aromatic nitrogens is 1. The van der Waals surface area contributed by atoms with Crippen LogP contribution in [0.1, 0.15) is 11.1 Å². The van der Waals surface area contributed by atoms with E-state index in [0.717, 1.165) is 33.8 Å². The van der Waals surface area contributed by atoms with Crippen LogP contribution in [-0.4, -0.2) is 20.6 Å². The van der Waals surface area contributed by atoms with Crippen LogP contribution in [0.25, 0.3) is 17.0 Å². The molecule has 0 bridgehead atoms. The predicted molar refractivity (Wildman–Crippen MR) is 111 cm³/mol. The van der Waals surface area contributed by atoms with Gasteiger partial charge in [-0.1, -0.05) is 47.5 Å². The molecule has 0 radical (unpaired) electrons. The standard InChI is InChI=1S/C20H14Cl2N2O2S/c1-23-11-13(14-4-2-3-5-17(14)23)9-18-19(25)24(20(26)27-18)10-12-6-7-15(21)16(22)8-12/h2-9,11H,10H2,1H3/b18-9-. The van der Waals surface area contributed by atoms with E-state index in [4.69, 9.17) is 23.2 Å². The fraction of sp³-hybridized carbons (Fsp3) is 0.100. The second-order valence-electron chi connectivity index (χ2n) is 6.23. The normalized spacial score (nSPS) is 16.1. The topological polar surface area (TPSA) is 42.3 Å². The lowest BCUT2D eigenvalue weighted by Crippen LogP contribution is -2.27. The molecule has 4 rings (SSSR count). The highest BCUT2D eigenvalue weighted by Crippen LogP contribution is 2.35. The van der Waals surface area contributed by atoms with E-state index in [0.29, 0.717) is 15.0 Å². The molecular weight excluding hydrogens is 403 g/mol. The van der Waals surface area contributed by atoms with Crippen LogP contribution in [0.3, 0.4) is 0 Å². The molecular formula is C20H14Cl2N2O2S. The number of para-hydroxylation sites is 1. The minimum atomic E-state index is -0.302. The third kappa shape index (κ3) is 3.38. The summed E-state index contributed by atoms with van der Waals surface area (Å²) < 4.78 is 2.00. The van der Waals surface area contributed by atoms with Crippen molar-refractivity contribution in [1.29, 1.82) is 0 Å². The Bertz CT molecular complexity index is 1120. The van der Waals surface area contributed by atoms with E-state index in [1.807, 2.05) is 42.1 Å². The Kier molecular flexibility index (Phi) is 4.76. The van der Waals surface area contributed by atoms with Gasteiger partial charge >= 0.3 is 0 Å². The summed E-state index contributed by atoms with van der Waals surface area (Å²) in [5.74, 6) is -0.302. The summed E-state index contributed by atoms with van der Waals surface area (Å²) in [6, 6.07) is 13.0. The van der Waals surface area contributed by atoms with Crippen LogP contribution in [0, 0.1) is 0 Å². The Morgan fingerprint density at radius 2 is 1.85 bits per heavy atom. The van der Waals surface area contributed by atoms with E-state index in [1.54, 1.807) is 24.3 Å². The molecule has 1 aliphatic heterocycles. The minimum absolute atomic E-state index is 0.161. The zero-order valence-corrected chi connectivity index (χ0v) is 16.6. The second-order valence-corrected chi connectivity index (χ2v) is 8.04. The lowest BCUT2D eigenvalue weighted by atomic mass is 10.1. The van der Waals surface area contributed by atoms with Crippen molar-refractivity contribution in [2.75, 3.05) is 0 Å². The Morgan fingerprint density at radius 1 is 1.07 bits per heavy atom. The Hall–Kier alpha value is -2.21. The van der Waals surface area contributed by atoms with Crippen LogP contribution in [-0.2, 0) is 18.4 Å². The molecule has 27 heavy (non-hydrogen) atoms.